The summed E-state index contributed by atoms with van der Waals surface area (Å²) in [6.07, 6.45) is 1.54. The molecule has 27 heavy (non-hydrogen) atoms. The van der Waals surface area contributed by atoms with Crippen molar-refractivity contribution in [2.45, 2.75) is 12.8 Å². The van der Waals surface area contributed by atoms with Crippen LogP contribution >= 0.6 is 11.6 Å². The number of nitrogens with one attached hydrogen (secondary N) is 1. The zero-order valence-corrected chi connectivity index (χ0v) is 14.5. The Balaban J connectivity index is 1.43. The van der Waals surface area contributed by atoms with E-state index in [0.717, 1.165) is 6.07 Å². The Hall–Kier alpha value is -3.20. The Kier molecular flexibility index (Phi) is 5.82. The number of halogens is 2. The van der Waals surface area contributed by atoms with E-state index in [0.29, 0.717) is 5.76 Å². The maximum Gasteiger partial charge on any atom is 0.306 e. The number of hydrogen-bond acceptors (Lipinski definition) is 7. The average molecular weight is 394 g/mol. The molecular formula is C17H13ClFN3O5. The fourth-order valence-corrected chi connectivity index (χ4v) is 2.24. The first kappa shape index (κ1) is 18.6. The van der Waals surface area contributed by atoms with Gasteiger partial charge in [-0.1, -0.05) is 16.8 Å². The molecule has 1 N–H and O–H groups in total. The lowest BCUT2D eigenvalue weighted by Gasteiger charge is -2.07. The van der Waals surface area contributed by atoms with Gasteiger partial charge in [0.2, 0.25) is 11.7 Å². The molecule has 2 heterocycles. The fraction of sp³-hybridized carbons (Fsp3) is 0.176. The second kappa shape index (κ2) is 8.45. The summed E-state index contributed by atoms with van der Waals surface area (Å²) in [6.45, 7) is -0.563. The van der Waals surface area contributed by atoms with Gasteiger partial charge in [-0.15, -0.1) is 0 Å². The molecule has 0 aliphatic heterocycles. The van der Waals surface area contributed by atoms with Crippen LogP contribution in [0.3, 0.4) is 0 Å². The van der Waals surface area contributed by atoms with Gasteiger partial charge in [0.05, 0.1) is 18.4 Å². The summed E-state index contributed by atoms with van der Waals surface area (Å²) >= 11 is 5.73. The monoisotopic (exact) mass is 393 g/mol. The number of hydrogen-bond donors (Lipinski definition) is 1. The van der Waals surface area contributed by atoms with E-state index in [4.69, 9.17) is 25.3 Å². The Bertz CT molecular complexity index is 942. The van der Waals surface area contributed by atoms with Gasteiger partial charge in [0.1, 0.15) is 5.82 Å². The molecule has 3 rings (SSSR count). The number of rotatable bonds is 7. The van der Waals surface area contributed by atoms with Crippen LogP contribution in [0.5, 0.6) is 0 Å². The molecule has 8 nitrogen and oxygen atoms in total. The number of carbonyl (C=O) groups excluding carboxylic acids is 2. The smallest absolute Gasteiger partial charge is 0.306 e. The zero-order valence-electron chi connectivity index (χ0n) is 13.8. The van der Waals surface area contributed by atoms with E-state index < -0.39 is 24.3 Å². The first-order valence-corrected chi connectivity index (χ1v) is 8.16. The number of aryl methyl sites for hydroxylation is 1. The van der Waals surface area contributed by atoms with Crippen molar-refractivity contribution in [1.29, 1.82) is 0 Å². The minimum atomic E-state index is -0.692. The highest BCUT2D eigenvalue weighted by atomic mass is 35.5. The number of amides is 1. The van der Waals surface area contributed by atoms with Gasteiger partial charge < -0.3 is 19.0 Å². The van der Waals surface area contributed by atoms with Crippen molar-refractivity contribution in [2.24, 2.45) is 0 Å². The number of aromatic nitrogens is 2. The van der Waals surface area contributed by atoms with Crippen molar-refractivity contribution in [3.05, 3.63) is 53.3 Å². The Morgan fingerprint density at radius 1 is 1.30 bits per heavy atom. The van der Waals surface area contributed by atoms with Gasteiger partial charge in [-0.05, 0) is 30.3 Å². The van der Waals surface area contributed by atoms with Crippen LogP contribution in [0.4, 0.5) is 10.1 Å². The van der Waals surface area contributed by atoms with Crippen molar-refractivity contribution in [1.82, 2.24) is 10.1 Å². The summed E-state index contributed by atoms with van der Waals surface area (Å²) in [5.74, 6) is -1.05. The molecule has 0 aliphatic carbocycles. The normalized spacial score (nSPS) is 10.6. The van der Waals surface area contributed by atoms with Crippen LogP contribution in [0.15, 0.2) is 45.5 Å². The summed E-state index contributed by atoms with van der Waals surface area (Å²) in [4.78, 5) is 27.5. The fourth-order valence-electron chi connectivity index (χ4n) is 2.07. The van der Waals surface area contributed by atoms with Gasteiger partial charge in [-0.25, -0.2) is 4.39 Å². The molecular weight excluding hydrogens is 381 g/mol. The van der Waals surface area contributed by atoms with Crippen LogP contribution in [0.25, 0.3) is 11.6 Å². The Morgan fingerprint density at radius 2 is 2.15 bits per heavy atom. The van der Waals surface area contributed by atoms with Crippen LogP contribution in [0.1, 0.15) is 12.3 Å². The molecule has 1 aromatic carbocycles. The maximum absolute atomic E-state index is 13.5. The summed E-state index contributed by atoms with van der Waals surface area (Å²) < 4.78 is 28.5. The molecule has 0 saturated heterocycles. The molecule has 0 fully saturated rings. The minimum Gasteiger partial charge on any atom is -0.461 e. The van der Waals surface area contributed by atoms with Crippen LogP contribution in [-0.2, 0) is 20.7 Å². The molecule has 0 unspecified atom stereocenters. The zero-order chi connectivity index (χ0) is 19.2. The molecule has 2 aromatic heterocycles. The molecule has 3 aromatic rings. The summed E-state index contributed by atoms with van der Waals surface area (Å²) in [5.41, 5.74) is -0.0973. The van der Waals surface area contributed by atoms with Crippen LogP contribution in [0.2, 0.25) is 5.02 Å². The van der Waals surface area contributed by atoms with Gasteiger partial charge in [0.15, 0.2) is 12.4 Å². The highest BCUT2D eigenvalue weighted by Crippen LogP contribution is 2.19. The van der Waals surface area contributed by atoms with Gasteiger partial charge in [0.25, 0.3) is 5.91 Å². The van der Waals surface area contributed by atoms with Crippen molar-refractivity contribution in [2.75, 3.05) is 11.9 Å². The molecule has 140 valence electrons. The maximum atomic E-state index is 13.5. The molecule has 1 amide bonds. The molecule has 0 aliphatic rings. The summed E-state index contributed by atoms with van der Waals surface area (Å²) in [6, 6.07) is 7.07. The summed E-state index contributed by atoms with van der Waals surface area (Å²) in [5, 5.41) is 6.26. The first-order valence-electron chi connectivity index (χ1n) is 7.78. The van der Waals surface area contributed by atoms with E-state index in [9.17, 15) is 14.0 Å². The predicted octanol–water partition coefficient (Wildman–Crippen LogP) is 3.24. The Labute approximate surface area is 157 Å². The lowest BCUT2D eigenvalue weighted by molar-refractivity contribution is -0.147. The van der Waals surface area contributed by atoms with E-state index in [1.54, 1.807) is 12.1 Å². The van der Waals surface area contributed by atoms with Crippen LogP contribution < -0.4 is 5.32 Å². The number of nitrogens with zero attached hydrogens (tertiary/aromatic N) is 2. The number of benzene rings is 1. The molecule has 0 atom stereocenters. The minimum absolute atomic E-state index is 0.0708. The molecule has 0 bridgehead atoms. The largest absolute Gasteiger partial charge is 0.461 e. The Morgan fingerprint density at radius 3 is 2.93 bits per heavy atom. The number of carbonyl (C=O) groups is 2. The lowest BCUT2D eigenvalue weighted by atomic mass is 10.3. The van der Waals surface area contributed by atoms with Crippen LogP contribution in [-0.4, -0.2) is 28.6 Å². The second-order valence-electron chi connectivity index (χ2n) is 5.32. The molecule has 10 heteroatoms. The number of anilines is 1. The van der Waals surface area contributed by atoms with E-state index in [1.165, 1.54) is 18.4 Å². The van der Waals surface area contributed by atoms with E-state index in [-0.39, 0.29) is 35.3 Å². The van der Waals surface area contributed by atoms with Gasteiger partial charge >= 0.3 is 5.97 Å². The highest BCUT2D eigenvalue weighted by Gasteiger charge is 2.14. The quantitative estimate of drug-likeness (QED) is 0.614. The average Bonchev–Trinajstić information content (AvgIpc) is 3.32. The van der Waals surface area contributed by atoms with Crippen molar-refractivity contribution in [3.63, 3.8) is 0 Å². The van der Waals surface area contributed by atoms with Gasteiger partial charge in [-0.3, -0.25) is 9.59 Å². The molecule has 0 radical (unpaired) electrons. The molecule has 0 spiro atoms. The number of esters is 1. The van der Waals surface area contributed by atoms with Gasteiger partial charge in [0, 0.05) is 11.4 Å². The third kappa shape index (κ3) is 5.14. The lowest BCUT2D eigenvalue weighted by Crippen LogP contribution is -2.21. The highest BCUT2D eigenvalue weighted by molar-refractivity contribution is 6.30. The van der Waals surface area contributed by atoms with Crippen molar-refractivity contribution >= 4 is 29.2 Å². The standard InChI is InChI=1S/C17H13ClFN3O5/c18-10-3-4-11(19)12(8-10)20-14(23)9-26-16(24)6-5-15-21-17(22-27-15)13-2-1-7-25-13/h1-4,7-8H,5-6,9H2,(H,20,23). The van der Waals surface area contributed by atoms with Crippen molar-refractivity contribution < 1.29 is 27.7 Å². The van der Waals surface area contributed by atoms with E-state index in [1.807, 2.05) is 0 Å². The third-order valence-corrected chi connectivity index (χ3v) is 3.55. The second-order valence-corrected chi connectivity index (χ2v) is 5.76. The first-order chi connectivity index (χ1) is 13.0. The van der Waals surface area contributed by atoms with Gasteiger partial charge in [-0.2, -0.15) is 4.98 Å². The number of furan rings is 1. The topological polar surface area (TPSA) is 107 Å². The van der Waals surface area contributed by atoms with E-state index >= 15 is 0 Å². The number of ether oxygens (including phenoxy) is 1. The predicted molar refractivity (Wildman–Crippen MR) is 91.3 cm³/mol. The SMILES string of the molecule is O=C(COC(=O)CCc1nc(-c2ccco2)no1)Nc1cc(Cl)ccc1F. The summed E-state index contributed by atoms with van der Waals surface area (Å²) in [7, 11) is 0. The van der Waals surface area contributed by atoms with Crippen molar-refractivity contribution in [3.8, 4) is 11.6 Å². The molecule has 0 saturated carbocycles. The van der Waals surface area contributed by atoms with Crippen LogP contribution in [0, 0.1) is 5.82 Å². The van der Waals surface area contributed by atoms with E-state index in [2.05, 4.69) is 15.5 Å². The third-order valence-electron chi connectivity index (χ3n) is 3.32.